The van der Waals surface area contributed by atoms with E-state index in [0.29, 0.717) is 13.2 Å². The van der Waals surface area contributed by atoms with Crippen molar-refractivity contribution in [3.05, 3.63) is 95.8 Å². The van der Waals surface area contributed by atoms with Crippen molar-refractivity contribution in [2.75, 3.05) is 6.61 Å². The van der Waals surface area contributed by atoms with Crippen LogP contribution in [0.3, 0.4) is 0 Å². The first-order chi connectivity index (χ1) is 16.4. The summed E-state index contributed by atoms with van der Waals surface area (Å²) < 4.78 is 22.1. The van der Waals surface area contributed by atoms with Gasteiger partial charge in [0.05, 0.1) is 30.6 Å². The standard InChI is InChI=1S/C29H30FN3O/c1-29(2,3)23-8-4-20(5-9-23)18-34-19-25-12-13-26-32-27(21-6-10-24(30)11-7-21)28(33(25)26)22-14-16-31-17-15-22/h4-11,14-17,25H,12-13,18-19H2,1-3H3/t25-/m0/s1. The summed E-state index contributed by atoms with van der Waals surface area (Å²) in [6.07, 6.45) is 5.48. The van der Waals surface area contributed by atoms with Crippen molar-refractivity contribution in [3.63, 3.8) is 0 Å². The fraction of sp³-hybridized carbons (Fsp3) is 0.310. The predicted octanol–water partition coefficient (Wildman–Crippen LogP) is 6.75. The SMILES string of the molecule is CC(C)(C)c1ccc(COC[C@@H]2CCc3nc(-c4ccc(F)cc4)c(-c4ccncc4)n32)cc1. The lowest BCUT2D eigenvalue weighted by Gasteiger charge is -2.20. The van der Waals surface area contributed by atoms with Crippen molar-refractivity contribution in [2.45, 2.75) is 51.7 Å². The van der Waals surface area contributed by atoms with Crippen molar-refractivity contribution >= 4 is 0 Å². The molecule has 0 aliphatic carbocycles. The maximum Gasteiger partial charge on any atom is 0.123 e. The van der Waals surface area contributed by atoms with E-state index in [1.807, 2.05) is 12.1 Å². The molecule has 174 valence electrons. The van der Waals surface area contributed by atoms with Gasteiger partial charge < -0.3 is 9.30 Å². The second-order valence-corrected chi connectivity index (χ2v) is 9.99. The third kappa shape index (κ3) is 4.53. The highest BCUT2D eigenvalue weighted by Gasteiger charge is 2.30. The number of halogens is 1. The van der Waals surface area contributed by atoms with Crippen LogP contribution in [-0.4, -0.2) is 21.1 Å². The summed E-state index contributed by atoms with van der Waals surface area (Å²) in [7, 11) is 0. The van der Waals surface area contributed by atoms with E-state index in [1.54, 1.807) is 24.5 Å². The van der Waals surface area contributed by atoms with E-state index in [0.717, 1.165) is 41.2 Å². The number of pyridine rings is 1. The molecule has 1 aliphatic rings. The number of aryl methyl sites for hydroxylation is 1. The molecule has 4 aromatic rings. The molecule has 2 aromatic carbocycles. The second-order valence-electron chi connectivity index (χ2n) is 9.99. The third-order valence-electron chi connectivity index (χ3n) is 6.52. The van der Waals surface area contributed by atoms with Crippen LogP contribution in [0.1, 0.15) is 50.2 Å². The van der Waals surface area contributed by atoms with Crippen LogP contribution < -0.4 is 0 Å². The zero-order valence-electron chi connectivity index (χ0n) is 20.0. The Labute approximate surface area is 200 Å². The molecular formula is C29H30FN3O. The Hall–Kier alpha value is -3.31. The van der Waals surface area contributed by atoms with Crippen LogP contribution in [0.15, 0.2) is 73.1 Å². The van der Waals surface area contributed by atoms with Crippen molar-refractivity contribution < 1.29 is 9.13 Å². The molecule has 0 saturated heterocycles. The van der Waals surface area contributed by atoms with Gasteiger partial charge in [0.15, 0.2) is 0 Å². The fourth-order valence-corrected chi connectivity index (χ4v) is 4.64. The van der Waals surface area contributed by atoms with Gasteiger partial charge in [-0.15, -0.1) is 0 Å². The molecule has 0 saturated carbocycles. The first-order valence-electron chi connectivity index (χ1n) is 11.8. The van der Waals surface area contributed by atoms with Crippen LogP contribution in [0.2, 0.25) is 0 Å². The minimum atomic E-state index is -0.247. The minimum absolute atomic E-state index is 0.145. The van der Waals surface area contributed by atoms with E-state index in [2.05, 4.69) is 54.6 Å². The molecule has 0 N–H and O–H groups in total. The predicted molar refractivity (Wildman–Crippen MR) is 133 cm³/mol. The number of imidazole rings is 1. The molecule has 0 bridgehead atoms. The van der Waals surface area contributed by atoms with Gasteiger partial charge in [-0.2, -0.15) is 0 Å². The Kier molecular flexibility index (Phi) is 6.05. The molecule has 0 amide bonds. The van der Waals surface area contributed by atoms with E-state index >= 15 is 0 Å². The summed E-state index contributed by atoms with van der Waals surface area (Å²) in [6.45, 7) is 7.87. The number of nitrogens with zero attached hydrogens (tertiary/aromatic N) is 3. The molecule has 2 aromatic heterocycles. The Bertz CT molecular complexity index is 1260. The average Bonchev–Trinajstić information content (AvgIpc) is 3.40. The highest BCUT2D eigenvalue weighted by atomic mass is 19.1. The summed E-state index contributed by atoms with van der Waals surface area (Å²) in [6, 6.07) is 19.5. The Morgan fingerprint density at radius 3 is 2.32 bits per heavy atom. The zero-order chi connectivity index (χ0) is 23.7. The molecule has 3 heterocycles. The molecule has 34 heavy (non-hydrogen) atoms. The van der Waals surface area contributed by atoms with Gasteiger partial charge in [-0.3, -0.25) is 4.98 Å². The second kappa shape index (κ2) is 9.15. The lowest BCUT2D eigenvalue weighted by atomic mass is 9.87. The van der Waals surface area contributed by atoms with Crippen LogP contribution in [0, 0.1) is 5.82 Å². The maximum absolute atomic E-state index is 13.6. The topological polar surface area (TPSA) is 39.9 Å². The molecule has 0 fully saturated rings. The fourth-order valence-electron chi connectivity index (χ4n) is 4.64. The van der Waals surface area contributed by atoms with Gasteiger partial charge in [0.1, 0.15) is 11.6 Å². The Morgan fingerprint density at radius 2 is 1.65 bits per heavy atom. The number of benzene rings is 2. The van der Waals surface area contributed by atoms with Gasteiger partial charge in [0, 0.05) is 29.9 Å². The normalized spacial score (nSPS) is 15.5. The molecule has 5 heteroatoms. The zero-order valence-corrected chi connectivity index (χ0v) is 20.0. The van der Waals surface area contributed by atoms with Crippen LogP contribution in [0.5, 0.6) is 0 Å². The molecule has 0 spiro atoms. The van der Waals surface area contributed by atoms with E-state index in [9.17, 15) is 4.39 Å². The number of hydrogen-bond acceptors (Lipinski definition) is 3. The lowest BCUT2D eigenvalue weighted by molar-refractivity contribution is 0.0925. The summed E-state index contributed by atoms with van der Waals surface area (Å²) in [4.78, 5) is 9.16. The molecule has 1 aliphatic heterocycles. The van der Waals surface area contributed by atoms with Gasteiger partial charge >= 0.3 is 0 Å². The lowest BCUT2D eigenvalue weighted by Crippen LogP contribution is -2.13. The van der Waals surface area contributed by atoms with E-state index in [4.69, 9.17) is 9.72 Å². The smallest absolute Gasteiger partial charge is 0.123 e. The van der Waals surface area contributed by atoms with Gasteiger partial charge in [-0.05, 0) is 59.4 Å². The van der Waals surface area contributed by atoms with Crippen molar-refractivity contribution in [1.82, 2.24) is 14.5 Å². The monoisotopic (exact) mass is 455 g/mol. The number of fused-ring (bicyclic) bond motifs is 1. The van der Waals surface area contributed by atoms with Gasteiger partial charge in [-0.25, -0.2) is 9.37 Å². The van der Waals surface area contributed by atoms with E-state index in [1.165, 1.54) is 23.3 Å². The summed E-state index contributed by atoms with van der Waals surface area (Å²) >= 11 is 0. The number of rotatable bonds is 6. The average molecular weight is 456 g/mol. The first kappa shape index (κ1) is 22.5. The molecule has 5 rings (SSSR count). The van der Waals surface area contributed by atoms with Crippen LogP contribution in [0.25, 0.3) is 22.5 Å². The van der Waals surface area contributed by atoms with Crippen molar-refractivity contribution in [3.8, 4) is 22.5 Å². The van der Waals surface area contributed by atoms with Gasteiger partial charge in [0.25, 0.3) is 0 Å². The Morgan fingerprint density at radius 1 is 0.941 bits per heavy atom. The van der Waals surface area contributed by atoms with Crippen LogP contribution >= 0.6 is 0 Å². The quantitative estimate of drug-likeness (QED) is 0.323. The van der Waals surface area contributed by atoms with Gasteiger partial charge in [0.2, 0.25) is 0 Å². The Balaban J connectivity index is 1.39. The van der Waals surface area contributed by atoms with Crippen LogP contribution in [-0.2, 0) is 23.2 Å². The summed E-state index contributed by atoms with van der Waals surface area (Å²) in [5.41, 5.74) is 6.54. The molecule has 4 nitrogen and oxygen atoms in total. The van der Waals surface area contributed by atoms with Crippen molar-refractivity contribution in [2.24, 2.45) is 0 Å². The van der Waals surface area contributed by atoms with E-state index < -0.39 is 0 Å². The molecular weight excluding hydrogens is 425 g/mol. The maximum atomic E-state index is 13.6. The summed E-state index contributed by atoms with van der Waals surface area (Å²) in [5.74, 6) is 0.803. The molecule has 0 unspecified atom stereocenters. The van der Waals surface area contributed by atoms with Crippen LogP contribution in [0.4, 0.5) is 4.39 Å². The number of hydrogen-bond donors (Lipinski definition) is 0. The largest absolute Gasteiger partial charge is 0.375 e. The highest BCUT2D eigenvalue weighted by molar-refractivity contribution is 5.79. The third-order valence-corrected chi connectivity index (χ3v) is 6.52. The molecule has 1 atom stereocenters. The minimum Gasteiger partial charge on any atom is -0.375 e. The van der Waals surface area contributed by atoms with E-state index in [-0.39, 0.29) is 17.3 Å². The molecule has 0 radical (unpaired) electrons. The first-order valence-corrected chi connectivity index (χ1v) is 11.8. The van der Waals surface area contributed by atoms with Crippen molar-refractivity contribution in [1.29, 1.82) is 0 Å². The summed E-state index contributed by atoms with van der Waals surface area (Å²) in [5, 5.41) is 0. The van der Waals surface area contributed by atoms with Gasteiger partial charge in [-0.1, -0.05) is 45.0 Å². The number of aromatic nitrogens is 3. The highest BCUT2D eigenvalue weighted by Crippen LogP contribution is 2.39. The number of ether oxygens (including phenoxy) is 1.